The van der Waals surface area contributed by atoms with Gasteiger partial charge in [0.05, 0.1) is 12.2 Å². The number of hydroxylamine groups is 1. The minimum atomic E-state index is -1.12. The fraction of sp³-hybridized carbons (Fsp3) is 0.478. The van der Waals surface area contributed by atoms with Gasteiger partial charge < -0.3 is 21.3 Å². The summed E-state index contributed by atoms with van der Waals surface area (Å²) in [5.74, 6) is 10.5. The van der Waals surface area contributed by atoms with Crippen LogP contribution in [-0.2, 0) is 4.79 Å². The van der Waals surface area contributed by atoms with Crippen LogP contribution in [0.5, 0.6) is 0 Å². The van der Waals surface area contributed by atoms with Crippen LogP contribution < -0.4 is 16.5 Å². The van der Waals surface area contributed by atoms with Crippen LogP contribution in [0.4, 0.5) is 0 Å². The Labute approximate surface area is 182 Å². The molecule has 8 heteroatoms. The third-order valence-electron chi connectivity index (χ3n) is 5.30. The molecule has 0 aliphatic heterocycles. The van der Waals surface area contributed by atoms with Crippen LogP contribution in [0.3, 0.4) is 0 Å². The highest BCUT2D eigenvalue weighted by Crippen LogP contribution is 2.31. The van der Waals surface area contributed by atoms with E-state index >= 15 is 0 Å². The van der Waals surface area contributed by atoms with E-state index in [9.17, 15) is 19.8 Å². The molecule has 8 nitrogen and oxygen atoms in total. The lowest BCUT2D eigenvalue weighted by molar-refractivity contribution is -0.132. The summed E-state index contributed by atoms with van der Waals surface area (Å²) in [6.07, 6.45) is 2.51. The number of benzene rings is 1. The van der Waals surface area contributed by atoms with Crippen LogP contribution in [0.2, 0.25) is 0 Å². The zero-order valence-corrected chi connectivity index (χ0v) is 17.7. The average molecular weight is 428 g/mol. The molecule has 1 aliphatic rings. The van der Waals surface area contributed by atoms with Crippen molar-refractivity contribution in [1.29, 1.82) is 0 Å². The van der Waals surface area contributed by atoms with Crippen molar-refractivity contribution in [2.24, 2.45) is 11.7 Å². The lowest BCUT2D eigenvalue weighted by atomic mass is 9.79. The van der Waals surface area contributed by atoms with Crippen molar-refractivity contribution >= 4 is 11.8 Å². The summed E-state index contributed by atoms with van der Waals surface area (Å²) in [7, 11) is 0. The van der Waals surface area contributed by atoms with Gasteiger partial charge in [-0.1, -0.05) is 11.8 Å². The topological polar surface area (TPSA) is 145 Å². The summed E-state index contributed by atoms with van der Waals surface area (Å²) in [5.41, 5.74) is 6.35. The number of carbonyl (C=O) groups excluding carboxylic acids is 2. The van der Waals surface area contributed by atoms with Crippen LogP contribution in [0, 0.1) is 29.6 Å². The summed E-state index contributed by atoms with van der Waals surface area (Å²) in [6.45, 7) is 2.90. The average Bonchev–Trinajstić information content (AvgIpc) is 2.75. The van der Waals surface area contributed by atoms with Gasteiger partial charge in [0.2, 0.25) is 0 Å². The molecule has 0 aromatic heterocycles. The lowest BCUT2D eigenvalue weighted by Gasteiger charge is -2.32. The molecule has 7 N–H and O–H groups in total. The highest BCUT2D eigenvalue weighted by Gasteiger charge is 2.33. The Morgan fingerprint density at radius 1 is 1.23 bits per heavy atom. The molecule has 166 valence electrons. The Balaban J connectivity index is 1.96. The predicted octanol–water partition coefficient (Wildman–Crippen LogP) is 0.296. The maximum absolute atomic E-state index is 12.4. The smallest absolute Gasteiger partial charge is 0.267 e. The van der Waals surface area contributed by atoms with Gasteiger partial charge in [0.15, 0.2) is 0 Å². The molecular formula is C23H29N3O5. The molecule has 1 aromatic rings. The summed E-state index contributed by atoms with van der Waals surface area (Å²) < 4.78 is 0. The molecule has 1 aliphatic carbocycles. The highest BCUT2D eigenvalue weighted by atomic mass is 16.5. The largest absolute Gasteiger partial charge is 0.393 e. The second kappa shape index (κ2) is 10.4. The van der Waals surface area contributed by atoms with E-state index in [4.69, 9.17) is 10.9 Å². The first-order chi connectivity index (χ1) is 14.6. The fourth-order valence-electron chi connectivity index (χ4n) is 3.27. The van der Waals surface area contributed by atoms with Gasteiger partial charge in [0, 0.05) is 22.6 Å². The minimum absolute atomic E-state index is 0.156. The van der Waals surface area contributed by atoms with Crippen LogP contribution in [0.15, 0.2) is 24.3 Å². The SMILES string of the molecule is CC(C)(N)[C@H](NC(=O)c1ccc(C#CC#C[C@H]2CC[C@@](O)(CO)CC2)cc1)C(=O)NO. The van der Waals surface area contributed by atoms with Crippen LogP contribution in [0.25, 0.3) is 0 Å². The van der Waals surface area contributed by atoms with Crippen molar-refractivity contribution in [1.82, 2.24) is 10.8 Å². The monoisotopic (exact) mass is 427 g/mol. The van der Waals surface area contributed by atoms with Crippen molar-refractivity contribution in [3.63, 3.8) is 0 Å². The molecule has 0 bridgehead atoms. The molecule has 0 heterocycles. The van der Waals surface area contributed by atoms with Crippen LogP contribution in [-0.4, -0.2) is 51.0 Å². The van der Waals surface area contributed by atoms with Gasteiger partial charge in [0.1, 0.15) is 6.04 Å². The molecular weight excluding hydrogens is 398 g/mol. The van der Waals surface area contributed by atoms with E-state index in [1.807, 2.05) is 0 Å². The van der Waals surface area contributed by atoms with Gasteiger partial charge in [-0.15, -0.1) is 0 Å². The molecule has 1 aromatic carbocycles. The van der Waals surface area contributed by atoms with E-state index in [-0.39, 0.29) is 12.5 Å². The van der Waals surface area contributed by atoms with E-state index in [0.29, 0.717) is 24.0 Å². The standard InChI is InChI=1S/C23H29N3O5/c1-22(2,24)19(21(29)26-31)25-20(28)18-9-7-16(8-10-18)5-3-4-6-17-11-13-23(30,15-27)14-12-17/h7-10,17,19,27,30-31H,11-15,24H2,1-2H3,(H,25,28)(H,26,29)/t17-,19-,23-/m1/s1. The molecule has 31 heavy (non-hydrogen) atoms. The van der Waals surface area contributed by atoms with Crippen LogP contribution in [0.1, 0.15) is 55.5 Å². The predicted molar refractivity (Wildman–Crippen MR) is 115 cm³/mol. The Morgan fingerprint density at radius 2 is 1.84 bits per heavy atom. The Morgan fingerprint density at radius 3 is 2.35 bits per heavy atom. The molecule has 2 amide bonds. The number of hydrogen-bond donors (Lipinski definition) is 6. The zero-order valence-electron chi connectivity index (χ0n) is 17.7. The maximum atomic E-state index is 12.4. The summed E-state index contributed by atoms with van der Waals surface area (Å²) in [4.78, 5) is 24.2. The van der Waals surface area contributed by atoms with Gasteiger partial charge in [-0.3, -0.25) is 14.8 Å². The van der Waals surface area contributed by atoms with E-state index in [1.165, 1.54) is 5.48 Å². The van der Waals surface area contributed by atoms with E-state index in [2.05, 4.69) is 29.0 Å². The number of nitrogens with one attached hydrogen (secondary N) is 2. The van der Waals surface area contributed by atoms with Crippen molar-refractivity contribution in [3.05, 3.63) is 35.4 Å². The second-order valence-electron chi connectivity index (χ2n) is 8.46. The first kappa shape index (κ1) is 24.4. The third kappa shape index (κ3) is 7.09. The zero-order chi connectivity index (χ0) is 23.1. The van der Waals surface area contributed by atoms with Crippen molar-refractivity contribution in [3.8, 4) is 23.7 Å². The molecule has 0 radical (unpaired) electrons. The second-order valence-corrected chi connectivity index (χ2v) is 8.46. The molecule has 2 rings (SSSR count). The van der Waals surface area contributed by atoms with Gasteiger partial charge in [-0.05, 0) is 75.6 Å². The Hall–Kier alpha value is -2.88. The third-order valence-corrected chi connectivity index (χ3v) is 5.30. The lowest BCUT2D eigenvalue weighted by Crippen LogP contribution is -2.61. The van der Waals surface area contributed by atoms with Gasteiger partial charge in [-0.2, -0.15) is 0 Å². The van der Waals surface area contributed by atoms with E-state index < -0.39 is 29.0 Å². The quantitative estimate of drug-likeness (QED) is 0.226. The number of hydrogen-bond acceptors (Lipinski definition) is 6. The first-order valence-electron chi connectivity index (χ1n) is 10.1. The normalized spacial score (nSPS) is 21.5. The summed E-state index contributed by atoms with van der Waals surface area (Å²) >= 11 is 0. The van der Waals surface area contributed by atoms with Crippen LogP contribution >= 0.6 is 0 Å². The summed E-state index contributed by atoms with van der Waals surface area (Å²) in [5, 5.41) is 30.6. The highest BCUT2D eigenvalue weighted by molar-refractivity contribution is 5.97. The molecule has 0 spiro atoms. The fourth-order valence-corrected chi connectivity index (χ4v) is 3.27. The maximum Gasteiger partial charge on any atom is 0.267 e. The summed E-state index contributed by atoms with van der Waals surface area (Å²) in [6, 6.07) is 5.36. The van der Waals surface area contributed by atoms with Gasteiger partial charge in [0.25, 0.3) is 11.8 Å². The number of rotatable bonds is 5. The Bertz CT molecular complexity index is 905. The molecule has 0 unspecified atom stereocenters. The number of aliphatic hydroxyl groups is 2. The molecule has 1 fully saturated rings. The Kier molecular flexibility index (Phi) is 8.21. The van der Waals surface area contributed by atoms with E-state index in [1.54, 1.807) is 38.1 Å². The minimum Gasteiger partial charge on any atom is -0.393 e. The van der Waals surface area contributed by atoms with Gasteiger partial charge in [-0.25, -0.2) is 5.48 Å². The van der Waals surface area contributed by atoms with Crippen molar-refractivity contribution < 1.29 is 25.0 Å². The number of amides is 2. The van der Waals surface area contributed by atoms with Crippen molar-refractivity contribution in [2.45, 2.75) is 56.7 Å². The number of carbonyl (C=O) groups is 2. The molecule has 1 saturated carbocycles. The molecule has 1 atom stereocenters. The molecule has 0 saturated heterocycles. The van der Waals surface area contributed by atoms with Crippen molar-refractivity contribution in [2.75, 3.05) is 6.61 Å². The first-order valence-corrected chi connectivity index (χ1v) is 10.1. The van der Waals surface area contributed by atoms with E-state index in [0.717, 1.165) is 12.8 Å². The van der Waals surface area contributed by atoms with Gasteiger partial charge >= 0.3 is 0 Å². The number of nitrogens with two attached hydrogens (primary N) is 1. The number of aliphatic hydroxyl groups excluding tert-OH is 1.